The predicted molar refractivity (Wildman–Crippen MR) is 94.9 cm³/mol. The molecular weight excluding hydrogens is 415 g/mol. The molecule has 5 nitrogen and oxygen atoms in total. The number of rotatable bonds is 5. The summed E-state index contributed by atoms with van der Waals surface area (Å²) in [6.07, 6.45) is -1.65. The summed E-state index contributed by atoms with van der Waals surface area (Å²) in [6.45, 7) is 4.88. The number of carbonyl (C=O) groups excluding carboxylic acids is 1. The molecule has 1 aromatic heterocycles. The second kappa shape index (κ2) is 8.12. The van der Waals surface area contributed by atoms with Gasteiger partial charge in [-0.05, 0) is 68.8 Å². The molecular formula is C17H23BrF3N3O2. The first kappa shape index (κ1) is 21.0. The SMILES string of the molecule is CN1CCC(NC(=O)C(C)(C)COc2ncc(Br)cc2C(F)(F)F)CC1. The average Bonchev–Trinajstić information content (AvgIpc) is 2.55. The summed E-state index contributed by atoms with van der Waals surface area (Å²) in [5.74, 6) is -0.765. The molecule has 0 atom stereocenters. The Morgan fingerprint density at radius 2 is 2.00 bits per heavy atom. The average molecular weight is 438 g/mol. The Kier molecular flexibility index (Phi) is 6.55. The molecule has 2 heterocycles. The minimum absolute atomic E-state index is 0.0783. The maximum Gasteiger partial charge on any atom is 0.421 e. The van der Waals surface area contributed by atoms with Gasteiger partial charge in [-0.15, -0.1) is 0 Å². The molecule has 0 aliphatic carbocycles. The topological polar surface area (TPSA) is 54.5 Å². The van der Waals surface area contributed by atoms with Crippen molar-refractivity contribution in [1.29, 1.82) is 0 Å². The van der Waals surface area contributed by atoms with E-state index in [1.165, 1.54) is 6.20 Å². The zero-order valence-corrected chi connectivity index (χ0v) is 16.6. The normalized spacial score (nSPS) is 17.2. The number of pyridine rings is 1. The third-order valence-corrected chi connectivity index (χ3v) is 4.80. The summed E-state index contributed by atoms with van der Waals surface area (Å²) < 4.78 is 44.9. The highest BCUT2D eigenvalue weighted by atomic mass is 79.9. The van der Waals surface area contributed by atoms with Gasteiger partial charge in [0, 0.05) is 16.7 Å². The van der Waals surface area contributed by atoms with Gasteiger partial charge in [-0.2, -0.15) is 13.2 Å². The lowest BCUT2D eigenvalue weighted by Gasteiger charge is -2.32. The van der Waals surface area contributed by atoms with Crippen molar-refractivity contribution in [1.82, 2.24) is 15.2 Å². The predicted octanol–water partition coefficient (Wildman–Crippen LogP) is 3.48. The van der Waals surface area contributed by atoms with Crippen LogP contribution >= 0.6 is 15.9 Å². The van der Waals surface area contributed by atoms with Crippen LogP contribution in [0.15, 0.2) is 16.7 Å². The molecule has 1 fully saturated rings. The summed E-state index contributed by atoms with van der Waals surface area (Å²) in [5, 5.41) is 2.97. The van der Waals surface area contributed by atoms with Crippen LogP contribution in [0.4, 0.5) is 13.2 Å². The molecule has 146 valence electrons. The van der Waals surface area contributed by atoms with Crippen LogP contribution in [0.1, 0.15) is 32.3 Å². The lowest BCUT2D eigenvalue weighted by atomic mass is 9.92. The molecule has 0 aromatic carbocycles. The fourth-order valence-electron chi connectivity index (χ4n) is 2.59. The first-order valence-corrected chi connectivity index (χ1v) is 9.13. The molecule has 1 aromatic rings. The van der Waals surface area contributed by atoms with Gasteiger partial charge in [-0.25, -0.2) is 4.98 Å². The Morgan fingerprint density at radius 3 is 2.58 bits per heavy atom. The molecule has 0 bridgehead atoms. The summed E-state index contributed by atoms with van der Waals surface area (Å²) >= 11 is 2.98. The van der Waals surface area contributed by atoms with Gasteiger partial charge in [0.2, 0.25) is 11.8 Å². The number of alkyl halides is 3. The van der Waals surface area contributed by atoms with Crippen LogP contribution in [0, 0.1) is 5.41 Å². The molecule has 0 spiro atoms. The first-order valence-electron chi connectivity index (χ1n) is 8.34. The van der Waals surface area contributed by atoms with Crippen LogP contribution < -0.4 is 10.1 Å². The van der Waals surface area contributed by atoms with Crippen molar-refractivity contribution < 1.29 is 22.7 Å². The molecule has 1 saturated heterocycles. The summed E-state index contributed by atoms with van der Waals surface area (Å²) in [4.78, 5) is 18.4. The van der Waals surface area contributed by atoms with Crippen molar-refractivity contribution in [3.63, 3.8) is 0 Å². The highest BCUT2D eigenvalue weighted by Crippen LogP contribution is 2.37. The zero-order valence-electron chi connectivity index (χ0n) is 15.0. The number of nitrogens with one attached hydrogen (secondary N) is 1. The maximum absolute atomic E-state index is 13.1. The number of nitrogens with zero attached hydrogens (tertiary/aromatic N) is 2. The Labute approximate surface area is 159 Å². The van der Waals surface area contributed by atoms with Crippen molar-refractivity contribution in [2.45, 2.75) is 38.9 Å². The highest BCUT2D eigenvalue weighted by molar-refractivity contribution is 9.10. The van der Waals surface area contributed by atoms with E-state index >= 15 is 0 Å². The van der Waals surface area contributed by atoms with E-state index in [-0.39, 0.29) is 23.0 Å². The van der Waals surface area contributed by atoms with Gasteiger partial charge in [0.05, 0.1) is 5.41 Å². The van der Waals surface area contributed by atoms with Crippen molar-refractivity contribution in [2.75, 3.05) is 26.7 Å². The van der Waals surface area contributed by atoms with Crippen molar-refractivity contribution in [3.05, 3.63) is 22.3 Å². The number of hydrogen-bond donors (Lipinski definition) is 1. The minimum Gasteiger partial charge on any atom is -0.476 e. The van der Waals surface area contributed by atoms with E-state index in [0.717, 1.165) is 32.0 Å². The van der Waals surface area contributed by atoms with Crippen LogP contribution in [0.25, 0.3) is 0 Å². The first-order chi connectivity index (χ1) is 12.0. The number of aromatic nitrogens is 1. The van der Waals surface area contributed by atoms with Gasteiger partial charge >= 0.3 is 6.18 Å². The fraction of sp³-hybridized carbons (Fsp3) is 0.647. The van der Waals surface area contributed by atoms with Gasteiger partial charge in [-0.1, -0.05) is 0 Å². The summed E-state index contributed by atoms with van der Waals surface area (Å²) in [6, 6.07) is 0.989. The van der Waals surface area contributed by atoms with Gasteiger partial charge in [0.15, 0.2) is 0 Å². The summed E-state index contributed by atoms with van der Waals surface area (Å²) in [7, 11) is 2.03. The van der Waals surface area contributed by atoms with E-state index < -0.39 is 23.0 Å². The number of halogens is 4. The second-order valence-electron chi connectivity index (χ2n) is 7.23. The number of hydrogen-bond acceptors (Lipinski definition) is 4. The van der Waals surface area contributed by atoms with Gasteiger partial charge in [-0.3, -0.25) is 4.79 Å². The third kappa shape index (κ3) is 5.57. The standard InChI is InChI=1S/C17H23BrF3N3O2/c1-16(2,15(25)23-12-4-6-24(3)7-5-12)10-26-14-13(17(19,20)21)8-11(18)9-22-14/h8-9,12H,4-7,10H2,1-3H3,(H,23,25). The van der Waals surface area contributed by atoms with E-state index in [2.05, 4.69) is 31.1 Å². The number of likely N-dealkylation sites (tertiary alicyclic amines) is 1. The third-order valence-electron chi connectivity index (χ3n) is 4.36. The molecule has 1 aliphatic rings. The van der Waals surface area contributed by atoms with Crippen LogP contribution in [0.2, 0.25) is 0 Å². The van der Waals surface area contributed by atoms with Crippen LogP contribution in [-0.4, -0.2) is 48.6 Å². The monoisotopic (exact) mass is 437 g/mol. The molecule has 9 heteroatoms. The molecule has 0 unspecified atom stereocenters. The van der Waals surface area contributed by atoms with Gasteiger partial charge in [0.25, 0.3) is 0 Å². The largest absolute Gasteiger partial charge is 0.476 e. The van der Waals surface area contributed by atoms with E-state index in [1.807, 2.05) is 7.05 Å². The Hall–Kier alpha value is -1.35. The smallest absolute Gasteiger partial charge is 0.421 e. The maximum atomic E-state index is 13.1. The van der Waals surface area contributed by atoms with Crippen molar-refractivity contribution in [3.8, 4) is 5.88 Å². The molecule has 26 heavy (non-hydrogen) atoms. The van der Waals surface area contributed by atoms with Crippen molar-refractivity contribution >= 4 is 21.8 Å². The molecule has 1 N–H and O–H groups in total. The minimum atomic E-state index is -4.59. The fourth-order valence-corrected chi connectivity index (χ4v) is 2.92. The Morgan fingerprint density at radius 1 is 1.38 bits per heavy atom. The molecule has 1 aliphatic heterocycles. The lowest BCUT2D eigenvalue weighted by molar-refractivity contribution is -0.139. The molecule has 0 radical (unpaired) electrons. The zero-order chi connectivity index (χ0) is 19.5. The Bertz CT molecular complexity index is 645. The van der Waals surface area contributed by atoms with Gasteiger partial charge < -0.3 is 15.0 Å². The number of ether oxygens (including phenoxy) is 1. The van der Waals surface area contributed by atoms with E-state index in [4.69, 9.17) is 4.74 Å². The Balaban J connectivity index is 2.00. The number of amides is 1. The van der Waals surface area contributed by atoms with Crippen LogP contribution in [0.5, 0.6) is 5.88 Å². The highest BCUT2D eigenvalue weighted by Gasteiger charge is 2.37. The van der Waals surface area contributed by atoms with Crippen LogP contribution in [0.3, 0.4) is 0 Å². The lowest BCUT2D eigenvalue weighted by Crippen LogP contribution is -2.49. The second-order valence-corrected chi connectivity index (χ2v) is 8.14. The van der Waals surface area contributed by atoms with Crippen LogP contribution in [-0.2, 0) is 11.0 Å². The molecule has 1 amide bonds. The molecule has 0 saturated carbocycles. The van der Waals surface area contributed by atoms with Gasteiger partial charge in [0.1, 0.15) is 12.2 Å². The van der Waals surface area contributed by atoms with Crippen molar-refractivity contribution in [2.24, 2.45) is 5.41 Å². The number of carbonyl (C=O) groups is 1. The van der Waals surface area contributed by atoms with E-state index in [1.54, 1.807) is 13.8 Å². The van der Waals surface area contributed by atoms with E-state index in [9.17, 15) is 18.0 Å². The molecule has 2 rings (SSSR count). The van der Waals surface area contributed by atoms with E-state index in [0.29, 0.717) is 0 Å². The summed E-state index contributed by atoms with van der Waals surface area (Å²) in [5.41, 5.74) is -1.96. The number of piperidine rings is 1. The quantitative estimate of drug-likeness (QED) is 0.765.